The van der Waals surface area contributed by atoms with Gasteiger partial charge in [-0.3, -0.25) is 0 Å². The number of rotatable bonds is 5. The number of anilines is 3. The van der Waals surface area contributed by atoms with Crippen LogP contribution >= 0.6 is 11.3 Å². The van der Waals surface area contributed by atoms with Crippen LogP contribution in [0, 0.1) is 0 Å². The summed E-state index contributed by atoms with van der Waals surface area (Å²) in [6.45, 7) is 0. The van der Waals surface area contributed by atoms with Gasteiger partial charge in [-0.1, -0.05) is 152 Å². The second kappa shape index (κ2) is 11.9. The van der Waals surface area contributed by atoms with Crippen molar-refractivity contribution < 1.29 is 4.42 Å². The maximum atomic E-state index is 7.05. The summed E-state index contributed by atoms with van der Waals surface area (Å²) in [4.78, 5) is 2.46. The minimum absolute atomic E-state index is 0.878. The molecule has 9 aromatic carbocycles. The molecule has 53 heavy (non-hydrogen) atoms. The second-order valence-electron chi connectivity index (χ2n) is 13.6. The number of benzene rings is 9. The molecule has 2 aromatic heterocycles. The van der Waals surface area contributed by atoms with E-state index in [1.54, 1.807) is 0 Å². The van der Waals surface area contributed by atoms with Gasteiger partial charge in [0.2, 0.25) is 0 Å². The summed E-state index contributed by atoms with van der Waals surface area (Å²) in [6.07, 6.45) is 0. The highest BCUT2D eigenvalue weighted by Crippen LogP contribution is 2.51. The summed E-state index contributed by atoms with van der Waals surface area (Å²) in [5, 5.41) is 9.50. The number of thiophene rings is 1. The normalized spacial score (nSPS) is 11.8. The Morgan fingerprint density at radius 3 is 1.96 bits per heavy atom. The number of fused-ring (bicyclic) bond motifs is 9. The lowest BCUT2D eigenvalue weighted by molar-refractivity contribution is 0.670. The van der Waals surface area contributed by atoms with Gasteiger partial charge in [-0.05, 0) is 74.8 Å². The average Bonchev–Trinajstić information content (AvgIpc) is 3.80. The smallest absolute Gasteiger partial charge is 0.160 e. The minimum atomic E-state index is 0.878. The molecule has 0 aliphatic carbocycles. The summed E-state index contributed by atoms with van der Waals surface area (Å²) in [5.41, 5.74) is 9.76. The molecule has 3 heteroatoms. The predicted octanol–water partition coefficient (Wildman–Crippen LogP) is 15.1. The van der Waals surface area contributed by atoms with E-state index in [0.717, 1.165) is 50.0 Å². The molecular weight excluding hydrogens is 663 g/mol. The monoisotopic (exact) mass is 693 g/mol. The first kappa shape index (κ1) is 30.0. The van der Waals surface area contributed by atoms with E-state index >= 15 is 0 Å². The Balaban J connectivity index is 1.26. The summed E-state index contributed by atoms with van der Waals surface area (Å²) in [7, 11) is 0. The number of hydrogen-bond acceptors (Lipinski definition) is 3. The Hall–Kier alpha value is -6.68. The second-order valence-corrected chi connectivity index (χ2v) is 14.7. The third-order valence-corrected chi connectivity index (χ3v) is 11.8. The molecule has 0 N–H and O–H groups in total. The van der Waals surface area contributed by atoms with Gasteiger partial charge in [0.25, 0.3) is 0 Å². The van der Waals surface area contributed by atoms with E-state index in [2.05, 4.69) is 193 Å². The van der Waals surface area contributed by atoms with E-state index in [1.165, 1.54) is 53.0 Å². The van der Waals surface area contributed by atoms with Crippen LogP contribution in [-0.2, 0) is 0 Å². The lowest BCUT2D eigenvalue weighted by atomic mass is 9.94. The van der Waals surface area contributed by atoms with Gasteiger partial charge < -0.3 is 9.32 Å². The molecule has 0 aliphatic heterocycles. The molecule has 2 nitrogen and oxygen atoms in total. The van der Waals surface area contributed by atoms with Crippen molar-refractivity contribution >= 4 is 92.1 Å². The fraction of sp³-hybridized carbons (Fsp3) is 0. The van der Waals surface area contributed by atoms with Crippen molar-refractivity contribution in [1.82, 2.24) is 0 Å². The number of hydrogen-bond donors (Lipinski definition) is 0. The fourth-order valence-electron chi connectivity index (χ4n) is 8.26. The largest absolute Gasteiger partial charge is 0.454 e. The Morgan fingerprint density at radius 1 is 0.434 bits per heavy atom. The van der Waals surface area contributed by atoms with Crippen molar-refractivity contribution in [2.45, 2.75) is 0 Å². The van der Waals surface area contributed by atoms with Gasteiger partial charge in [0.15, 0.2) is 5.58 Å². The van der Waals surface area contributed by atoms with Crippen LogP contribution < -0.4 is 4.90 Å². The lowest BCUT2D eigenvalue weighted by Crippen LogP contribution is -2.11. The highest BCUT2D eigenvalue weighted by atomic mass is 32.1. The van der Waals surface area contributed by atoms with Crippen molar-refractivity contribution in [3.05, 3.63) is 188 Å². The molecule has 0 unspecified atom stereocenters. The van der Waals surface area contributed by atoms with Gasteiger partial charge in [-0.15, -0.1) is 11.3 Å². The van der Waals surface area contributed by atoms with Gasteiger partial charge in [-0.2, -0.15) is 0 Å². The van der Waals surface area contributed by atoms with Gasteiger partial charge in [0, 0.05) is 37.3 Å². The molecule has 0 amide bonds. The molecule has 0 atom stereocenters. The van der Waals surface area contributed by atoms with Crippen LogP contribution in [0.25, 0.3) is 85.9 Å². The van der Waals surface area contributed by atoms with Crippen LogP contribution in [-0.4, -0.2) is 0 Å². The molecule has 248 valence electrons. The zero-order chi connectivity index (χ0) is 34.9. The molecule has 0 spiro atoms. The lowest BCUT2D eigenvalue weighted by Gasteiger charge is -2.28. The standard InChI is InChI=1S/C50H31NOS/c1-2-14-32(15-3-1)37-20-8-9-21-38(37)34-18-12-19-36(30-34)51(44-26-13-25-42-41-24-10-11-27-46(41)53-50(42)44)48-40-23-7-5-17-35(40)31-43-47-39-22-6-4-16-33(39)28-29-45(47)52-49(43)48/h1-31H. The molecule has 0 aliphatic rings. The third-order valence-electron chi connectivity index (χ3n) is 10.6. The van der Waals surface area contributed by atoms with E-state index in [9.17, 15) is 0 Å². The average molecular weight is 694 g/mol. The van der Waals surface area contributed by atoms with Crippen molar-refractivity contribution in [1.29, 1.82) is 0 Å². The van der Waals surface area contributed by atoms with Crippen molar-refractivity contribution in [2.24, 2.45) is 0 Å². The first-order valence-electron chi connectivity index (χ1n) is 18.0. The molecule has 0 saturated carbocycles. The van der Waals surface area contributed by atoms with Crippen LogP contribution in [0.1, 0.15) is 0 Å². The molecule has 0 fully saturated rings. The van der Waals surface area contributed by atoms with E-state index in [0.29, 0.717) is 0 Å². The summed E-state index contributed by atoms with van der Waals surface area (Å²) in [5.74, 6) is 0. The fourth-order valence-corrected chi connectivity index (χ4v) is 9.46. The molecule has 11 rings (SSSR count). The quantitative estimate of drug-likeness (QED) is 0.178. The van der Waals surface area contributed by atoms with Gasteiger partial charge in [-0.25, -0.2) is 0 Å². The summed E-state index contributed by atoms with van der Waals surface area (Å²) < 4.78 is 9.57. The van der Waals surface area contributed by atoms with Crippen molar-refractivity contribution in [3.63, 3.8) is 0 Å². The van der Waals surface area contributed by atoms with E-state index in [-0.39, 0.29) is 0 Å². The van der Waals surface area contributed by atoms with Crippen LogP contribution in [0.2, 0.25) is 0 Å². The zero-order valence-corrected chi connectivity index (χ0v) is 29.5. The highest BCUT2D eigenvalue weighted by molar-refractivity contribution is 7.26. The Kier molecular flexibility index (Phi) is 6.76. The van der Waals surface area contributed by atoms with Crippen LogP contribution in [0.15, 0.2) is 192 Å². The first-order chi connectivity index (χ1) is 26.3. The Bertz CT molecular complexity index is 3190. The molecule has 11 aromatic rings. The van der Waals surface area contributed by atoms with Crippen LogP contribution in [0.4, 0.5) is 17.1 Å². The molecule has 2 heterocycles. The topological polar surface area (TPSA) is 16.4 Å². The van der Waals surface area contributed by atoms with E-state index < -0.39 is 0 Å². The first-order valence-corrected chi connectivity index (χ1v) is 18.8. The maximum Gasteiger partial charge on any atom is 0.160 e. The van der Waals surface area contributed by atoms with E-state index in [1.807, 2.05) is 11.3 Å². The van der Waals surface area contributed by atoms with Gasteiger partial charge in [0.05, 0.1) is 16.1 Å². The van der Waals surface area contributed by atoms with Crippen LogP contribution in [0.5, 0.6) is 0 Å². The molecular formula is C50H31NOS. The number of nitrogens with zero attached hydrogens (tertiary/aromatic N) is 1. The molecule has 0 radical (unpaired) electrons. The van der Waals surface area contributed by atoms with Gasteiger partial charge >= 0.3 is 0 Å². The number of furan rings is 1. The zero-order valence-electron chi connectivity index (χ0n) is 28.7. The van der Waals surface area contributed by atoms with E-state index in [4.69, 9.17) is 4.42 Å². The Labute approximate surface area is 310 Å². The van der Waals surface area contributed by atoms with Crippen molar-refractivity contribution in [3.8, 4) is 22.3 Å². The Morgan fingerprint density at radius 2 is 1.09 bits per heavy atom. The molecule has 0 bridgehead atoms. The SMILES string of the molecule is c1ccc(-c2ccccc2-c2cccc(N(c3c4ccccc4cc4c3oc3ccc5ccccc5c34)c3cccc4c3sc3ccccc34)c2)cc1. The third kappa shape index (κ3) is 4.71. The van der Waals surface area contributed by atoms with Gasteiger partial charge in [0.1, 0.15) is 5.58 Å². The summed E-state index contributed by atoms with van der Waals surface area (Å²) >= 11 is 1.85. The van der Waals surface area contributed by atoms with Crippen molar-refractivity contribution in [2.75, 3.05) is 4.90 Å². The maximum absolute atomic E-state index is 7.05. The minimum Gasteiger partial charge on any atom is -0.454 e. The summed E-state index contributed by atoms with van der Waals surface area (Å²) in [6, 6.07) is 67.9. The highest BCUT2D eigenvalue weighted by Gasteiger charge is 2.26. The predicted molar refractivity (Wildman–Crippen MR) is 227 cm³/mol. The molecule has 0 saturated heterocycles. The van der Waals surface area contributed by atoms with Crippen LogP contribution in [0.3, 0.4) is 0 Å².